The van der Waals surface area contributed by atoms with E-state index in [9.17, 15) is 0 Å². The molecule has 0 saturated carbocycles. The molecule has 106 heavy (non-hydrogen) atoms. The predicted octanol–water partition coefficient (Wildman–Crippen LogP) is 22.4. The van der Waals surface area contributed by atoms with E-state index in [1.807, 2.05) is 54.6 Å². The normalized spacial score (nSPS) is 15.7. The molecule has 0 radical (unpaired) electrons. The fourth-order valence-electron chi connectivity index (χ4n) is 15.7. The fourth-order valence-corrected chi connectivity index (χ4v) is 15.7. The second-order valence-electron chi connectivity index (χ2n) is 29.0. The van der Waals surface area contributed by atoms with Crippen molar-refractivity contribution in [2.24, 2.45) is 0 Å². The van der Waals surface area contributed by atoms with Crippen LogP contribution in [-0.2, 0) is 109 Å². The van der Waals surface area contributed by atoms with Crippen LogP contribution in [0.3, 0.4) is 0 Å². The van der Waals surface area contributed by atoms with E-state index in [0.717, 1.165) is 50.0 Å². The largest absolute Gasteiger partial charge is 0.489 e. The molecule has 0 fully saturated rings. The molecule has 0 bridgehead atoms. The van der Waals surface area contributed by atoms with Gasteiger partial charge in [0.25, 0.3) is 0 Å². The SMILES string of the molecule is C1=Cc2ccccc2OC1.c1ccc2c(c1)CCC2.c1ccc2c(c1)CCC2.c1ccc2c(c1)CCC2.c1ccc2c(c1)CCCC2.c1ccc2c(c1)CCCC2.c1ccc2c(c1)CCCC2.c1ccc2c(c1)CCCN2.c1ccc2c(c1)CCNC2.c1ccc2c(c1)CCNC2.c1ccc2c(c1)OCO2. The predicted molar refractivity (Wildman–Crippen MR) is 445 cm³/mol. The van der Waals surface area contributed by atoms with Crippen LogP contribution in [0.5, 0.6) is 17.2 Å². The third-order valence-electron chi connectivity index (χ3n) is 21.6. The average Bonchev–Trinajstić information content (AvgIpc) is 1.91. The summed E-state index contributed by atoms with van der Waals surface area (Å²) in [5.41, 5.74) is 28.8. The molecule has 0 atom stereocenters. The lowest BCUT2D eigenvalue weighted by molar-refractivity contribution is 0.174. The number of benzene rings is 11. The molecule has 0 amide bonds. The Balaban J connectivity index is 0.000000109. The van der Waals surface area contributed by atoms with Crippen molar-refractivity contribution < 1.29 is 14.2 Å². The maximum atomic E-state index is 5.34. The molecule has 0 spiro atoms. The molecule has 5 heterocycles. The van der Waals surface area contributed by atoms with Crippen molar-refractivity contribution >= 4 is 11.8 Å². The lowest BCUT2D eigenvalue weighted by Gasteiger charge is -2.16. The van der Waals surface area contributed by atoms with Crippen molar-refractivity contribution in [1.82, 2.24) is 10.6 Å². The first-order valence-electron chi connectivity index (χ1n) is 40.1. The number of hydrogen-bond donors (Lipinski definition) is 3. The van der Waals surface area contributed by atoms with Crippen molar-refractivity contribution in [2.75, 3.05) is 38.4 Å². The van der Waals surface area contributed by atoms with E-state index in [-0.39, 0.29) is 0 Å². The summed E-state index contributed by atoms with van der Waals surface area (Å²) in [5.74, 6) is 2.68. The van der Waals surface area contributed by atoms with Gasteiger partial charge < -0.3 is 30.2 Å². The zero-order valence-corrected chi connectivity index (χ0v) is 62.9. The van der Waals surface area contributed by atoms with Gasteiger partial charge in [-0.3, -0.25) is 0 Å². The minimum atomic E-state index is 0.360. The quantitative estimate of drug-likeness (QED) is 0.141. The average molecular weight is 1410 g/mol. The van der Waals surface area contributed by atoms with Gasteiger partial charge in [-0.15, -0.1) is 0 Å². The van der Waals surface area contributed by atoms with Crippen LogP contribution < -0.4 is 30.2 Å². The molecular formula is C100H113N3O3. The van der Waals surface area contributed by atoms with E-state index in [2.05, 4.69) is 240 Å². The van der Waals surface area contributed by atoms with E-state index >= 15 is 0 Å². The first-order chi connectivity index (χ1) is 52.6. The van der Waals surface area contributed by atoms with Gasteiger partial charge in [0.05, 0.1) is 0 Å². The molecule has 6 nitrogen and oxygen atoms in total. The smallest absolute Gasteiger partial charge is 0.231 e. The van der Waals surface area contributed by atoms with Gasteiger partial charge in [0.15, 0.2) is 11.5 Å². The molecule has 0 unspecified atom stereocenters. The molecule has 11 aromatic rings. The van der Waals surface area contributed by atoms with Crippen LogP contribution in [0.25, 0.3) is 6.08 Å². The van der Waals surface area contributed by atoms with Gasteiger partial charge in [0.1, 0.15) is 12.4 Å². The number of nitrogens with one attached hydrogen (secondary N) is 3. The number of para-hydroxylation sites is 4. The minimum Gasteiger partial charge on any atom is -0.489 e. The number of anilines is 1. The van der Waals surface area contributed by atoms with Crippen LogP contribution in [0, 0.1) is 0 Å². The number of hydrogen-bond acceptors (Lipinski definition) is 6. The minimum absolute atomic E-state index is 0.360. The first-order valence-corrected chi connectivity index (χ1v) is 40.1. The second-order valence-corrected chi connectivity index (χ2v) is 29.0. The van der Waals surface area contributed by atoms with Gasteiger partial charge in [-0.2, -0.15) is 0 Å². The molecule has 6 aliphatic carbocycles. The van der Waals surface area contributed by atoms with E-state index in [1.54, 1.807) is 66.8 Å². The number of ether oxygens (including phenoxy) is 3. The first kappa shape index (κ1) is 75.9. The summed E-state index contributed by atoms with van der Waals surface area (Å²) >= 11 is 0. The molecule has 5 aliphatic heterocycles. The molecule has 22 rings (SSSR count). The molecule has 0 saturated heterocycles. The van der Waals surface area contributed by atoms with Gasteiger partial charge in [-0.25, -0.2) is 0 Å². The van der Waals surface area contributed by atoms with Crippen molar-refractivity contribution in [3.05, 3.63) is 373 Å². The summed E-state index contributed by atoms with van der Waals surface area (Å²) in [5, 5.41) is 10.0. The van der Waals surface area contributed by atoms with E-state index in [1.165, 1.54) is 200 Å². The molecule has 0 aromatic heterocycles. The third kappa shape index (κ3) is 24.2. The second kappa shape index (κ2) is 43.0. The highest BCUT2D eigenvalue weighted by molar-refractivity contribution is 5.59. The summed E-state index contributed by atoms with van der Waals surface area (Å²) in [7, 11) is 0. The van der Waals surface area contributed by atoms with Crippen molar-refractivity contribution in [3.8, 4) is 17.2 Å². The summed E-state index contributed by atoms with van der Waals surface area (Å²) in [4.78, 5) is 0. The lowest BCUT2D eigenvalue weighted by atomic mass is 9.92. The van der Waals surface area contributed by atoms with Gasteiger partial charge in [-0.05, 0) is 299 Å². The van der Waals surface area contributed by atoms with Gasteiger partial charge in [-0.1, -0.05) is 249 Å². The van der Waals surface area contributed by atoms with Crippen LogP contribution in [-0.4, -0.2) is 33.0 Å². The Kier molecular flexibility index (Phi) is 30.8. The molecule has 546 valence electrons. The lowest BCUT2D eigenvalue weighted by Crippen LogP contribution is -2.23. The Hall–Kier alpha value is -9.72. The Morgan fingerprint density at radius 2 is 0.472 bits per heavy atom. The zero-order valence-electron chi connectivity index (χ0n) is 62.9. The summed E-state index contributed by atoms with van der Waals surface area (Å²) < 4.78 is 15.5. The molecule has 11 aliphatic rings. The topological polar surface area (TPSA) is 63.8 Å². The number of rotatable bonds is 0. The van der Waals surface area contributed by atoms with Crippen molar-refractivity contribution in [3.63, 3.8) is 0 Å². The van der Waals surface area contributed by atoms with Gasteiger partial charge >= 0.3 is 0 Å². The van der Waals surface area contributed by atoms with Crippen LogP contribution >= 0.6 is 0 Å². The zero-order chi connectivity index (χ0) is 72.1. The molecule has 6 heteroatoms. The van der Waals surface area contributed by atoms with Crippen LogP contribution in [0.2, 0.25) is 0 Å². The van der Waals surface area contributed by atoms with Crippen LogP contribution in [0.15, 0.2) is 273 Å². The summed E-state index contributed by atoms with van der Waals surface area (Å²) in [6.45, 7) is 6.58. The van der Waals surface area contributed by atoms with E-state index in [0.29, 0.717) is 13.4 Å². The van der Waals surface area contributed by atoms with Crippen LogP contribution in [0.1, 0.15) is 164 Å². The van der Waals surface area contributed by atoms with E-state index < -0.39 is 0 Å². The highest BCUT2D eigenvalue weighted by atomic mass is 16.7. The Morgan fingerprint density at radius 3 is 0.792 bits per heavy atom. The Labute approximate surface area is 635 Å². The van der Waals surface area contributed by atoms with Crippen LogP contribution in [0.4, 0.5) is 5.69 Å². The van der Waals surface area contributed by atoms with Crippen molar-refractivity contribution in [2.45, 2.75) is 174 Å². The summed E-state index contributed by atoms with van der Waals surface area (Å²) in [6, 6.07) is 94.1. The Bertz CT molecular complexity index is 3610. The molecule has 3 N–H and O–H groups in total. The van der Waals surface area contributed by atoms with Gasteiger partial charge in [0.2, 0.25) is 6.79 Å². The monoisotopic (exact) mass is 1400 g/mol. The van der Waals surface area contributed by atoms with Gasteiger partial charge in [0, 0.05) is 30.9 Å². The maximum Gasteiger partial charge on any atom is 0.231 e. The number of fused-ring (bicyclic) bond motifs is 11. The fraction of sp³-hybridized carbons (Fsp3) is 0.320. The highest BCUT2D eigenvalue weighted by Gasteiger charge is 2.14. The molecular weight excluding hydrogens is 1290 g/mol. The van der Waals surface area contributed by atoms with Crippen molar-refractivity contribution in [1.29, 1.82) is 0 Å². The van der Waals surface area contributed by atoms with E-state index in [4.69, 9.17) is 14.2 Å². The highest BCUT2D eigenvalue weighted by Crippen LogP contribution is 2.31. The standard InChI is InChI=1S/3C10H12.3C9H11N.C9H8O.3C9H10.C7H6O2/c3*1-2-6-10-8-4-3-7-9(10)5-1;1-2-6-9-8(4-1)5-3-7-10-9;2*1-2-4-9-7-10-6-5-8(9)3-1;1-2-6-9-8(4-1)5-3-7-10-9;3*1-2-5-9-7-3-6-8(9)4-1;1-2-4-7-6(3-1)8-5-9-7/h3*1-2,5-6H,3-4,7-8H2;1-2,4,6,10H,3,5,7H2;2*1-4,10H,5-7H2;1-6H,7H2;3*1-2,4-5H,3,6-7H2;1-4H,5H2. The summed E-state index contributed by atoms with van der Waals surface area (Å²) in [6.07, 6.45) is 37.0. The Morgan fingerprint density at radius 1 is 0.208 bits per heavy atom. The third-order valence-corrected chi connectivity index (χ3v) is 21.6. The molecule has 11 aromatic carbocycles. The maximum absolute atomic E-state index is 5.34. The number of aryl methyl sites for hydroxylation is 13.